The van der Waals surface area contributed by atoms with Gasteiger partial charge in [0.2, 0.25) is 0 Å². The number of rotatable bonds is 2. The minimum absolute atomic E-state index is 0.300. The summed E-state index contributed by atoms with van der Waals surface area (Å²) in [5, 5.41) is 13.1. The molecule has 1 saturated carbocycles. The zero-order valence-corrected chi connectivity index (χ0v) is 12.8. The van der Waals surface area contributed by atoms with Gasteiger partial charge in [-0.15, -0.1) is 0 Å². The minimum Gasteiger partial charge on any atom is -0.334 e. The van der Waals surface area contributed by atoms with Crippen LogP contribution in [0.2, 0.25) is 10.0 Å². The van der Waals surface area contributed by atoms with Gasteiger partial charge in [-0.25, -0.2) is 0 Å². The van der Waals surface area contributed by atoms with Crippen LogP contribution in [0.4, 0.5) is 0 Å². The summed E-state index contributed by atoms with van der Waals surface area (Å²) in [6.45, 7) is 2.17. The van der Waals surface area contributed by atoms with Gasteiger partial charge in [0.25, 0.3) is 5.91 Å². The van der Waals surface area contributed by atoms with Crippen molar-refractivity contribution in [2.45, 2.75) is 38.1 Å². The van der Waals surface area contributed by atoms with Gasteiger partial charge in [0.15, 0.2) is 0 Å². The SMILES string of the molecule is CC1CCC(C#N)(NC(=O)c2cc(Cl)cc(Cl)c2)CC1. The summed E-state index contributed by atoms with van der Waals surface area (Å²) in [6, 6.07) is 6.95. The molecule has 1 fully saturated rings. The van der Waals surface area contributed by atoms with E-state index in [1.807, 2.05) is 0 Å². The van der Waals surface area contributed by atoms with Gasteiger partial charge in [0.1, 0.15) is 5.54 Å². The van der Waals surface area contributed by atoms with Gasteiger partial charge in [0.05, 0.1) is 6.07 Å². The molecule has 1 amide bonds. The zero-order valence-electron chi connectivity index (χ0n) is 11.2. The molecule has 2 rings (SSSR count). The first kappa shape index (κ1) is 15.2. The average Bonchev–Trinajstić information content (AvgIpc) is 2.40. The Hall–Kier alpha value is -1.24. The summed E-state index contributed by atoms with van der Waals surface area (Å²) < 4.78 is 0. The molecule has 1 aromatic carbocycles. The fourth-order valence-electron chi connectivity index (χ4n) is 2.49. The molecule has 0 bridgehead atoms. The lowest BCUT2D eigenvalue weighted by Crippen LogP contribution is -2.49. The van der Waals surface area contributed by atoms with Crippen LogP contribution < -0.4 is 5.32 Å². The predicted octanol–water partition coefficient (Wildman–Crippen LogP) is 4.20. The van der Waals surface area contributed by atoms with Crippen molar-refractivity contribution in [1.82, 2.24) is 5.32 Å². The smallest absolute Gasteiger partial charge is 0.252 e. The maximum atomic E-state index is 12.3. The first-order chi connectivity index (χ1) is 9.44. The lowest BCUT2D eigenvalue weighted by Gasteiger charge is -2.34. The minimum atomic E-state index is -0.765. The van der Waals surface area contributed by atoms with E-state index in [9.17, 15) is 10.1 Å². The molecule has 1 aliphatic carbocycles. The predicted molar refractivity (Wildman–Crippen MR) is 79.9 cm³/mol. The number of hydrogen-bond acceptors (Lipinski definition) is 2. The van der Waals surface area contributed by atoms with Gasteiger partial charge in [0, 0.05) is 15.6 Å². The number of hydrogen-bond donors (Lipinski definition) is 1. The molecule has 0 heterocycles. The molecule has 0 atom stereocenters. The second-order valence-electron chi connectivity index (χ2n) is 5.49. The fourth-order valence-corrected chi connectivity index (χ4v) is 3.02. The van der Waals surface area contributed by atoms with Crippen molar-refractivity contribution < 1.29 is 4.79 Å². The number of halogens is 2. The largest absolute Gasteiger partial charge is 0.334 e. The highest BCUT2D eigenvalue weighted by Crippen LogP contribution is 2.32. The summed E-state index contributed by atoms with van der Waals surface area (Å²) in [7, 11) is 0. The third kappa shape index (κ3) is 3.45. The number of carbonyl (C=O) groups is 1. The number of nitrogens with one attached hydrogen (secondary N) is 1. The molecule has 0 spiro atoms. The van der Waals surface area contributed by atoms with Crippen LogP contribution in [0.25, 0.3) is 0 Å². The van der Waals surface area contributed by atoms with Gasteiger partial charge in [-0.2, -0.15) is 5.26 Å². The molecule has 1 N–H and O–H groups in total. The fraction of sp³-hybridized carbons (Fsp3) is 0.467. The Morgan fingerprint density at radius 3 is 2.35 bits per heavy atom. The summed E-state index contributed by atoms with van der Waals surface area (Å²) in [6.07, 6.45) is 3.27. The molecule has 3 nitrogen and oxygen atoms in total. The van der Waals surface area contributed by atoms with E-state index in [4.69, 9.17) is 23.2 Å². The molecule has 20 heavy (non-hydrogen) atoms. The molecule has 0 aliphatic heterocycles. The van der Waals surface area contributed by atoms with Gasteiger partial charge >= 0.3 is 0 Å². The van der Waals surface area contributed by atoms with Crippen molar-refractivity contribution in [3.05, 3.63) is 33.8 Å². The van der Waals surface area contributed by atoms with Crippen molar-refractivity contribution in [2.24, 2.45) is 5.92 Å². The van der Waals surface area contributed by atoms with Crippen LogP contribution in [0.15, 0.2) is 18.2 Å². The third-order valence-corrected chi connectivity index (χ3v) is 4.26. The molecule has 0 unspecified atom stereocenters. The van der Waals surface area contributed by atoms with Crippen molar-refractivity contribution in [3.63, 3.8) is 0 Å². The Bertz CT molecular complexity index is 537. The summed E-state index contributed by atoms with van der Waals surface area (Å²) >= 11 is 11.8. The van der Waals surface area contributed by atoms with Crippen LogP contribution in [0.5, 0.6) is 0 Å². The number of carbonyl (C=O) groups excluding carboxylic acids is 1. The van der Waals surface area contributed by atoms with Crippen LogP contribution >= 0.6 is 23.2 Å². The van der Waals surface area contributed by atoms with Crippen molar-refractivity contribution >= 4 is 29.1 Å². The van der Waals surface area contributed by atoms with E-state index in [1.54, 1.807) is 18.2 Å². The first-order valence-corrected chi connectivity index (χ1v) is 7.39. The second-order valence-corrected chi connectivity index (χ2v) is 6.36. The molecule has 1 aromatic rings. The van der Waals surface area contributed by atoms with Gasteiger partial charge in [-0.05, 0) is 49.8 Å². The van der Waals surface area contributed by atoms with E-state index in [0.29, 0.717) is 34.4 Å². The van der Waals surface area contributed by atoms with Crippen molar-refractivity contribution in [1.29, 1.82) is 5.26 Å². The topological polar surface area (TPSA) is 52.9 Å². The van der Waals surface area contributed by atoms with Gasteiger partial charge in [-0.1, -0.05) is 30.1 Å². The molecule has 0 saturated heterocycles. The molecular formula is C15H16Cl2N2O. The number of amides is 1. The van der Waals surface area contributed by atoms with Crippen LogP contribution in [0.3, 0.4) is 0 Å². The van der Waals surface area contributed by atoms with E-state index >= 15 is 0 Å². The quantitative estimate of drug-likeness (QED) is 0.890. The second kappa shape index (κ2) is 6.03. The van der Waals surface area contributed by atoms with E-state index in [2.05, 4.69) is 18.3 Å². The third-order valence-electron chi connectivity index (χ3n) is 3.82. The number of benzene rings is 1. The molecule has 0 radical (unpaired) electrons. The van der Waals surface area contributed by atoms with Crippen molar-refractivity contribution in [2.75, 3.05) is 0 Å². The van der Waals surface area contributed by atoms with Crippen LogP contribution in [-0.4, -0.2) is 11.4 Å². The van der Waals surface area contributed by atoms with E-state index < -0.39 is 5.54 Å². The van der Waals surface area contributed by atoms with E-state index in [1.165, 1.54) is 0 Å². The lowest BCUT2D eigenvalue weighted by atomic mass is 9.78. The Labute approximate surface area is 128 Å². The number of nitriles is 1. The summed E-state index contributed by atoms with van der Waals surface area (Å²) in [5.41, 5.74) is -0.381. The Kier molecular flexibility index (Phi) is 4.57. The molecule has 106 valence electrons. The van der Waals surface area contributed by atoms with Crippen molar-refractivity contribution in [3.8, 4) is 6.07 Å². The summed E-state index contributed by atoms with van der Waals surface area (Å²) in [5.74, 6) is 0.305. The highest BCUT2D eigenvalue weighted by atomic mass is 35.5. The Balaban J connectivity index is 2.16. The maximum absolute atomic E-state index is 12.3. The first-order valence-electron chi connectivity index (χ1n) is 6.64. The zero-order chi connectivity index (χ0) is 14.8. The van der Waals surface area contributed by atoms with E-state index in [0.717, 1.165) is 12.8 Å². The highest BCUT2D eigenvalue weighted by molar-refractivity contribution is 6.35. The molecule has 1 aliphatic rings. The van der Waals surface area contributed by atoms with Gasteiger partial charge in [-0.3, -0.25) is 4.79 Å². The highest BCUT2D eigenvalue weighted by Gasteiger charge is 2.35. The van der Waals surface area contributed by atoms with E-state index in [-0.39, 0.29) is 5.91 Å². The lowest BCUT2D eigenvalue weighted by molar-refractivity contribution is 0.0894. The number of nitrogens with zero attached hydrogens (tertiary/aromatic N) is 1. The van der Waals surface area contributed by atoms with Gasteiger partial charge < -0.3 is 5.32 Å². The molecular weight excluding hydrogens is 295 g/mol. The van der Waals surface area contributed by atoms with Crippen LogP contribution in [-0.2, 0) is 0 Å². The molecule has 0 aromatic heterocycles. The standard InChI is InChI=1S/C15H16Cl2N2O/c1-10-2-4-15(9-18,5-3-10)19-14(20)11-6-12(16)8-13(17)7-11/h6-8,10H,2-5H2,1H3,(H,19,20). The Morgan fingerprint density at radius 2 is 1.85 bits per heavy atom. The summed E-state index contributed by atoms with van der Waals surface area (Å²) in [4.78, 5) is 12.3. The average molecular weight is 311 g/mol. The maximum Gasteiger partial charge on any atom is 0.252 e. The van der Waals surface area contributed by atoms with Crippen LogP contribution in [0.1, 0.15) is 43.0 Å². The monoisotopic (exact) mass is 310 g/mol. The normalized spacial score (nSPS) is 25.8. The Morgan fingerprint density at radius 1 is 1.30 bits per heavy atom. The molecule has 5 heteroatoms. The van der Waals surface area contributed by atoms with Crippen LogP contribution in [0, 0.1) is 17.2 Å².